The van der Waals surface area contributed by atoms with Crippen LogP contribution in [0.4, 0.5) is 16.0 Å². The van der Waals surface area contributed by atoms with Gasteiger partial charge in [-0.05, 0) is 49.7 Å². The van der Waals surface area contributed by atoms with E-state index in [0.29, 0.717) is 63.6 Å². The summed E-state index contributed by atoms with van der Waals surface area (Å²) in [6.07, 6.45) is 1.42. The minimum absolute atomic E-state index is 0.0308. The predicted octanol–water partition coefficient (Wildman–Crippen LogP) is 5.34. The number of nitrogens with zero attached hydrogens (tertiary/aromatic N) is 3. The van der Waals surface area contributed by atoms with Gasteiger partial charge >= 0.3 is 0 Å². The van der Waals surface area contributed by atoms with E-state index in [0.717, 1.165) is 0 Å². The van der Waals surface area contributed by atoms with Gasteiger partial charge in [0.2, 0.25) is 5.95 Å². The summed E-state index contributed by atoms with van der Waals surface area (Å²) in [7, 11) is 3.08. The molecule has 1 aromatic heterocycles. The smallest absolute Gasteiger partial charge is 0.255 e. The molecule has 0 saturated carbocycles. The van der Waals surface area contributed by atoms with Crippen LogP contribution in [0.1, 0.15) is 31.0 Å². The number of hydrogen-bond acceptors (Lipinski definition) is 8. The molecule has 0 aliphatic carbocycles. The summed E-state index contributed by atoms with van der Waals surface area (Å²) in [6.45, 7) is 4.07. The number of hydrogen-bond donors (Lipinski definition) is 2. The topological polar surface area (TPSA) is 109 Å². The summed E-state index contributed by atoms with van der Waals surface area (Å²) in [4.78, 5) is 18.1. The fourth-order valence-corrected chi connectivity index (χ4v) is 4.64. The molecule has 0 saturated heterocycles. The van der Waals surface area contributed by atoms with Gasteiger partial charge in [0, 0.05) is 17.3 Å². The highest BCUT2D eigenvalue weighted by molar-refractivity contribution is 6.06. The largest absolute Gasteiger partial charge is 0.497 e. The number of benzene rings is 3. The molecule has 4 aromatic rings. The molecular formula is C30H30FN5O5. The van der Waals surface area contributed by atoms with Crippen molar-refractivity contribution in [1.29, 1.82) is 0 Å². The lowest BCUT2D eigenvalue weighted by molar-refractivity contribution is -0.113. The van der Waals surface area contributed by atoms with Crippen LogP contribution in [0.5, 0.6) is 23.0 Å². The lowest BCUT2D eigenvalue weighted by Gasteiger charge is -2.29. The van der Waals surface area contributed by atoms with Crippen LogP contribution in [-0.2, 0) is 11.4 Å². The van der Waals surface area contributed by atoms with Gasteiger partial charge in [-0.15, -0.1) is 0 Å². The molecule has 41 heavy (non-hydrogen) atoms. The van der Waals surface area contributed by atoms with Crippen molar-refractivity contribution in [3.63, 3.8) is 0 Å². The molecule has 1 aliphatic heterocycles. The monoisotopic (exact) mass is 559 g/mol. The summed E-state index contributed by atoms with van der Waals surface area (Å²) in [6, 6.07) is 16.3. The van der Waals surface area contributed by atoms with Gasteiger partial charge in [0.05, 0.1) is 32.1 Å². The van der Waals surface area contributed by atoms with E-state index in [1.54, 1.807) is 67.2 Å². The number of methoxy groups -OCH3 is 2. The Labute approximate surface area is 236 Å². The van der Waals surface area contributed by atoms with Gasteiger partial charge in [-0.1, -0.05) is 24.3 Å². The third kappa shape index (κ3) is 5.65. The van der Waals surface area contributed by atoms with E-state index in [1.807, 2.05) is 13.0 Å². The van der Waals surface area contributed by atoms with E-state index in [9.17, 15) is 9.18 Å². The Hall–Kier alpha value is -5.06. The van der Waals surface area contributed by atoms with Crippen molar-refractivity contribution in [3.05, 3.63) is 95.2 Å². The fraction of sp³-hybridized carbons (Fsp3) is 0.233. The van der Waals surface area contributed by atoms with Crippen LogP contribution >= 0.6 is 0 Å². The first kappa shape index (κ1) is 27.5. The van der Waals surface area contributed by atoms with Crippen LogP contribution in [0.15, 0.2) is 78.3 Å². The Morgan fingerprint density at radius 2 is 1.85 bits per heavy atom. The van der Waals surface area contributed by atoms with E-state index in [4.69, 9.17) is 18.9 Å². The van der Waals surface area contributed by atoms with Crippen LogP contribution in [0.25, 0.3) is 0 Å². The van der Waals surface area contributed by atoms with Gasteiger partial charge in [-0.25, -0.2) is 9.07 Å². The summed E-state index contributed by atoms with van der Waals surface area (Å²) < 4.78 is 38.4. The summed E-state index contributed by atoms with van der Waals surface area (Å²) >= 11 is 0. The quantitative estimate of drug-likeness (QED) is 0.268. The molecule has 0 fully saturated rings. The first-order valence-corrected chi connectivity index (χ1v) is 13.0. The maximum atomic E-state index is 14.2. The highest BCUT2D eigenvalue weighted by Gasteiger charge is 2.34. The van der Waals surface area contributed by atoms with Gasteiger partial charge < -0.3 is 29.6 Å². The maximum absolute atomic E-state index is 14.2. The number of amides is 1. The standard InChI is InChI=1S/C30H30FN5O5/c1-5-40-26-14-19(10-13-24(26)41-16-20-8-6-7-9-22(20)31)28-27(18(2)34-30-32-17-33-36(28)30)29(37)35-23-12-11-21(38-3)15-25(23)39-4/h6-15,17,28H,5,16H2,1-4H3,(H,35,37)(H,32,33,34). The third-order valence-electron chi connectivity index (χ3n) is 6.62. The molecule has 1 atom stereocenters. The van der Waals surface area contributed by atoms with Gasteiger partial charge in [0.1, 0.15) is 36.3 Å². The molecule has 212 valence electrons. The molecule has 2 N–H and O–H groups in total. The van der Waals surface area contributed by atoms with Crippen molar-refractivity contribution in [2.24, 2.45) is 0 Å². The Morgan fingerprint density at radius 3 is 2.61 bits per heavy atom. The first-order valence-electron chi connectivity index (χ1n) is 13.0. The number of carbonyl (C=O) groups is 1. The predicted molar refractivity (Wildman–Crippen MR) is 151 cm³/mol. The number of fused-ring (bicyclic) bond motifs is 1. The van der Waals surface area contributed by atoms with Gasteiger partial charge in [-0.2, -0.15) is 10.1 Å². The number of anilines is 2. The third-order valence-corrected chi connectivity index (χ3v) is 6.62. The average molecular weight is 560 g/mol. The Bertz CT molecular complexity index is 1600. The lowest BCUT2D eigenvalue weighted by Crippen LogP contribution is -2.31. The van der Waals surface area contributed by atoms with Crippen LogP contribution in [0, 0.1) is 5.82 Å². The minimum Gasteiger partial charge on any atom is -0.497 e. The van der Waals surface area contributed by atoms with Crippen LogP contribution in [0.3, 0.4) is 0 Å². The van der Waals surface area contributed by atoms with Crippen molar-refractivity contribution in [2.75, 3.05) is 31.5 Å². The summed E-state index contributed by atoms with van der Waals surface area (Å²) in [5.41, 5.74) is 2.65. The second-order valence-corrected chi connectivity index (χ2v) is 9.13. The zero-order valence-electron chi connectivity index (χ0n) is 23.1. The van der Waals surface area contributed by atoms with E-state index >= 15 is 0 Å². The molecular weight excluding hydrogens is 529 g/mol. The molecule has 11 heteroatoms. The van der Waals surface area contributed by atoms with Crippen LogP contribution in [0.2, 0.25) is 0 Å². The lowest BCUT2D eigenvalue weighted by atomic mass is 9.94. The fourth-order valence-electron chi connectivity index (χ4n) is 4.64. The zero-order valence-corrected chi connectivity index (χ0v) is 23.1. The number of nitrogens with one attached hydrogen (secondary N) is 2. The number of halogens is 1. The second kappa shape index (κ2) is 12.0. The molecule has 0 bridgehead atoms. The average Bonchev–Trinajstić information content (AvgIpc) is 3.45. The molecule has 3 aromatic carbocycles. The number of carbonyl (C=O) groups excluding carboxylic acids is 1. The van der Waals surface area contributed by atoms with Gasteiger partial charge in [0.25, 0.3) is 5.91 Å². The Balaban J connectivity index is 1.50. The summed E-state index contributed by atoms with van der Waals surface area (Å²) in [5, 5.41) is 10.5. The van der Waals surface area contributed by atoms with Gasteiger partial charge in [-0.3, -0.25) is 4.79 Å². The van der Waals surface area contributed by atoms with Crippen molar-refractivity contribution < 1.29 is 28.1 Å². The van der Waals surface area contributed by atoms with Crippen molar-refractivity contribution >= 4 is 17.5 Å². The summed E-state index contributed by atoms with van der Waals surface area (Å²) in [5.74, 6) is 1.73. The number of aromatic nitrogens is 3. The van der Waals surface area contributed by atoms with E-state index < -0.39 is 6.04 Å². The molecule has 0 spiro atoms. The van der Waals surface area contributed by atoms with Crippen molar-refractivity contribution in [2.45, 2.75) is 26.5 Å². The van der Waals surface area contributed by atoms with E-state index in [2.05, 4.69) is 20.7 Å². The molecule has 5 rings (SSSR count). The first-order chi connectivity index (χ1) is 19.9. The number of ether oxygens (including phenoxy) is 4. The Kier molecular flexibility index (Phi) is 8.04. The second-order valence-electron chi connectivity index (χ2n) is 9.13. The van der Waals surface area contributed by atoms with Crippen molar-refractivity contribution in [1.82, 2.24) is 14.8 Å². The molecule has 1 amide bonds. The molecule has 10 nitrogen and oxygen atoms in total. The van der Waals surface area contributed by atoms with E-state index in [1.165, 1.54) is 19.5 Å². The zero-order chi connectivity index (χ0) is 28.9. The van der Waals surface area contributed by atoms with Gasteiger partial charge in [0.15, 0.2) is 11.5 Å². The molecule has 2 heterocycles. The van der Waals surface area contributed by atoms with Crippen LogP contribution < -0.4 is 29.6 Å². The number of rotatable bonds is 10. The highest BCUT2D eigenvalue weighted by Crippen LogP contribution is 2.40. The minimum atomic E-state index is -0.641. The van der Waals surface area contributed by atoms with Crippen molar-refractivity contribution in [3.8, 4) is 23.0 Å². The SMILES string of the molecule is CCOc1cc(C2C(C(=O)Nc3ccc(OC)cc3OC)=C(C)Nc3ncnn32)ccc1OCc1ccccc1F. The Morgan fingerprint density at radius 1 is 1.02 bits per heavy atom. The number of allylic oxidation sites excluding steroid dienone is 1. The highest BCUT2D eigenvalue weighted by atomic mass is 19.1. The molecule has 1 aliphatic rings. The molecule has 1 unspecified atom stereocenters. The van der Waals surface area contributed by atoms with E-state index in [-0.39, 0.29) is 18.3 Å². The normalized spacial score (nSPS) is 14.1. The molecule has 0 radical (unpaired) electrons. The maximum Gasteiger partial charge on any atom is 0.255 e. The van der Waals surface area contributed by atoms with Crippen LogP contribution in [-0.4, -0.2) is 41.5 Å².